The van der Waals surface area contributed by atoms with Crippen LogP contribution < -0.4 is 0 Å². The molecule has 0 bridgehead atoms. The first-order chi connectivity index (χ1) is 10.5. The third-order valence-corrected chi connectivity index (χ3v) is 5.10. The third kappa shape index (κ3) is 1.97. The van der Waals surface area contributed by atoms with E-state index in [-0.39, 0.29) is 5.92 Å². The molecular weight excluding hydrogens is 280 g/mol. The Bertz CT molecular complexity index is 655. The van der Waals surface area contributed by atoms with Gasteiger partial charge >= 0.3 is 11.9 Å². The van der Waals surface area contributed by atoms with Crippen LogP contribution in [0.2, 0.25) is 0 Å². The Balaban J connectivity index is 2.06. The van der Waals surface area contributed by atoms with E-state index in [1.807, 2.05) is 12.1 Å². The van der Waals surface area contributed by atoms with Crippen molar-refractivity contribution < 1.29 is 19.1 Å². The van der Waals surface area contributed by atoms with Crippen molar-refractivity contribution in [1.29, 1.82) is 0 Å². The molecule has 22 heavy (non-hydrogen) atoms. The number of carbonyl (C=O) groups excluding carboxylic acids is 2. The minimum Gasteiger partial charge on any atom is -0.468 e. The monoisotopic (exact) mass is 300 g/mol. The summed E-state index contributed by atoms with van der Waals surface area (Å²) in [7, 11) is 2.65. The number of hydrogen-bond acceptors (Lipinski definition) is 4. The fourth-order valence-corrected chi connectivity index (χ4v) is 4.01. The summed E-state index contributed by atoms with van der Waals surface area (Å²) in [5.41, 5.74) is 3.68. The predicted octanol–water partition coefficient (Wildman–Crippen LogP) is 2.76. The van der Waals surface area contributed by atoms with E-state index in [2.05, 4.69) is 19.1 Å². The number of benzene rings is 1. The normalized spacial score (nSPS) is 21.9. The van der Waals surface area contributed by atoms with Crippen LogP contribution >= 0.6 is 0 Å². The Morgan fingerprint density at radius 2 is 1.77 bits per heavy atom. The number of hydrogen-bond donors (Lipinski definition) is 0. The molecule has 0 saturated heterocycles. The first kappa shape index (κ1) is 14.8. The van der Waals surface area contributed by atoms with E-state index < -0.39 is 17.4 Å². The zero-order valence-electron chi connectivity index (χ0n) is 13.1. The van der Waals surface area contributed by atoms with Crippen LogP contribution in [0.1, 0.15) is 30.9 Å². The Kier molecular flexibility index (Phi) is 3.55. The molecule has 0 N–H and O–H groups in total. The summed E-state index contributed by atoms with van der Waals surface area (Å²) in [5.74, 6) is -0.774. The van der Waals surface area contributed by atoms with E-state index in [0.29, 0.717) is 12.8 Å². The van der Waals surface area contributed by atoms with Gasteiger partial charge in [0.1, 0.15) is 0 Å². The van der Waals surface area contributed by atoms with Gasteiger partial charge in [-0.25, -0.2) is 0 Å². The van der Waals surface area contributed by atoms with E-state index in [4.69, 9.17) is 9.47 Å². The molecule has 1 atom stereocenters. The average molecular weight is 300 g/mol. The molecule has 2 aliphatic carbocycles. The molecule has 1 aromatic carbocycles. The lowest BCUT2D eigenvalue weighted by Gasteiger charge is -2.24. The van der Waals surface area contributed by atoms with E-state index >= 15 is 0 Å². The number of methoxy groups -OCH3 is 2. The maximum absolute atomic E-state index is 12.3. The van der Waals surface area contributed by atoms with Crippen molar-refractivity contribution in [1.82, 2.24) is 0 Å². The van der Waals surface area contributed by atoms with Gasteiger partial charge in [0.2, 0.25) is 0 Å². The SMILES string of the molecule is COC(=O)C1(C(=O)OC)CC2=C(C)c3ccccc3CC2C1. The van der Waals surface area contributed by atoms with Crippen molar-refractivity contribution in [3.05, 3.63) is 41.0 Å². The lowest BCUT2D eigenvalue weighted by molar-refractivity contribution is -0.168. The van der Waals surface area contributed by atoms with Crippen molar-refractivity contribution in [2.45, 2.75) is 26.2 Å². The summed E-state index contributed by atoms with van der Waals surface area (Å²) < 4.78 is 9.83. The molecule has 0 spiro atoms. The van der Waals surface area contributed by atoms with E-state index in [1.54, 1.807) is 0 Å². The molecular formula is C18H20O4. The van der Waals surface area contributed by atoms with Crippen LogP contribution in [0.3, 0.4) is 0 Å². The Hall–Kier alpha value is -2.10. The molecule has 1 saturated carbocycles. The number of rotatable bonds is 2. The second-order valence-corrected chi connectivity index (χ2v) is 6.15. The molecule has 1 unspecified atom stereocenters. The fraction of sp³-hybridized carbons (Fsp3) is 0.444. The maximum Gasteiger partial charge on any atom is 0.323 e. The van der Waals surface area contributed by atoms with Gasteiger partial charge in [-0.1, -0.05) is 29.8 Å². The van der Waals surface area contributed by atoms with E-state index in [1.165, 1.54) is 36.5 Å². The van der Waals surface area contributed by atoms with Crippen LogP contribution in [0.5, 0.6) is 0 Å². The highest BCUT2D eigenvalue weighted by atomic mass is 16.5. The first-order valence-electron chi connectivity index (χ1n) is 7.48. The number of ether oxygens (including phenoxy) is 2. The van der Waals surface area contributed by atoms with Gasteiger partial charge in [-0.05, 0) is 48.8 Å². The van der Waals surface area contributed by atoms with Crippen molar-refractivity contribution in [2.24, 2.45) is 11.3 Å². The van der Waals surface area contributed by atoms with Gasteiger partial charge in [-0.2, -0.15) is 0 Å². The molecule has 0 amide bonds. The molecule has 1 aromatic rings. The maximum atomic E-state index is 12.3. The summed E-state index contributed by atoms with van der Waals surface area (Å²) in [6.07, 6.45) is 1.73. The van der Waals surface area contributed by atoms with E-state index in [0.717, 1.165) is 6.42 Å². The highest BCUT2D eigenvalue weighted by Gasteiger charge is 2.56. The summed E-state index contributed by atoms with van der Waals surface area (Å²) in [4.78, 5) is 24.6. The molecule has 4 nitrogen and oxygen atoms in total. The van der Waals surface area contributed by atoms with Gasteiger partial charge in [-0.3, -0.25) is 9.59 Å². The highest BCUT2D eigenvalue weighted by molar-refractivity contribution is 6.01. The molecule has 0 radical (unpaired) electrons. The number of esters is 2. The summed E-state index contributed by atoms with van der Waals surface area (Å²) >= 11 is 0. The third-order valence-electron chi connectivity index (χ3n) is 5.10. The number of fused-ring (bicyclic) bond motifs is 2. The van der Waals surface area contributed by atoms with Crippen LogP contribution in [0.15, 0.2) is 29.8 Å². The summed E-state index contributed by atoms with van der Waals surface area (Å²) in [6, 6.07) is 8.27. The van der Waals surface area contributed by atoms with Crippen LogP contribution in [0.25, 0.3) is 5.57 Å². The lowest BCUT2D eigenvalue weighted by Crippen LogP contribution is -2.39. The molecule has 0 heterocycles. The molecule has 0 aliphatic heterocycles. The zero-order valence-corrected chi connectivity index (χ0v) is 13.1. The van der Waals surface area contributed by atoms with Crippen LogP contribution in [0.4, 0.5) is 0 Å². The summed E-state index contributed by atoms with van der Waals surface area (Å²) in [5, 5.41) is 0. The predicted molar refractivity (Wildman–Crippen MR) is 81.9 cm³/mol. The average Bonchev–Trinajstić information content (AvgIpc) is 2.94. The van der Waals surface area contributed by atoms with Gasteiger partial charge in [0.15, 0.2) is 5.41 Å². The van der Waals surface area contributed by atoms with Crippen LogP contribution in [0, 0.1) is 11.3 Å². The molecule has 3 rings (SSSR count). The standard InChI is InChI=1S/C18H20O4/c1-11-14-7-5-4-6-12(14)8-13-9-18(10-15(11)13,16(19)21-2)17(20)22-3/h4-7,13H,8-10H2,1-3H3. The van der Waals surface area contributed by atoms with Crippen molar-refractivity contribution in [3.8, 4) is 0 Å². The second-order valence-electron chi connectivity index (χ2n) is 6.15. The van der Waals surface area contributed by atoms with Gasteiger partial charge in [0, 0.05) is 0 Å². The smallest absolute Gasteiger partial charge is 0.323 e. The van der Waals surface area contributed by atoms with Gasteiger partial charge in [0.05, 0.1) is 14.2 Å². The van der Waals surface area contributed by atoms with E-state index in [9.17, 15) is 9.59 Å². The minimum absolute atomic E-state index is 0.202. The largest absolute Gasteiger partial charge is 0.468 e. The zero-order chi connectivity index (χ0) is 15.9. The molecule has 2 aliphatic rings. The first-order valence-corrected chi connectivity index (χ1v) is 7.48. The van der Waals surface area contributed by atoms with Gasteiger partial charge < -0.3 is 9.47 Å². The van der Waals surface area contributed by atoms with Gasteiger partial charge in [-0.15, -0.1) is 0 Å². The molecule has 4 heteroatoms. The highest BCUT2D eigenvalue weighted by Crippen LogP contribution is 2.53. The van der Waals surface area contributed by atoms with Crippen molar-refractivity contribution >= 4 is 17.5 Å². The molecule has 116 valence electrons. The minimum atomic E-state index is -1.19. The van der Waals surface area contributed by atoms with Gasteiger partial charge in [0.25, 0.3) is 0 Å². The quantitative estimate of drug-likeness (QED) is 0.622. The van der Waals surface area contributed by atoms with Crippen LogP contribution in [-0.4, -0.2) is 26.2 Å². The lowest BCUT2D eigenvalue weighted by atomic mass is 9.81. The fourth-order valence-electron chi connectivity index (χ4n) is 4.01. The molecule has 1 fully saturated rings. The second kappa shape index (κ2) is 5.27. The van der Waals surface area contributed by atoms with Crippen molar-refractivity contribution in [2.75, 3.05) is 14.2 Å². The van der Waals surface area contributed by atoms with Crippen molar-refractivity contribution in [3.63, 3.8) is 0 Å². The Morgan fingerprint density at radius 3 is 2.41 bits per heavy atom. The number of allylic oxidation sites excluding steroid dienone is 2. The molecule has 0 aromatic heterocycles. The number of carbonyl (C=O) groups is 2. The topological polar surface area (TPSA) is 52.6 Å². The summed E-state index contributed by atoms with van der Waals surface area (Å²) in [6.45, 7) is 2.07. The van der Waals surface area contributed by atoms with Crippen LogP contribution in [-0.2, 0) is 25.5 Å². The Labute approximate surface area is 130 Å². The Morgan fingerprint density at radius 1 is 1.14 bits per heavy atom.